The molecule has 1 N–H and O–H groups in total. The summed E-state index contributed by atoms with van der Waals surface area (Å²) in [4.78, 5) is 14.2. The molecule has 1 saturated heterocycles. The molecule has 1 amide bonds. The number of nitrogens with one attached hydrogen (secondary N) is 1. The molecule has 108 valence electrons. The Hall–Kier alpha value is -1.55. The van der Waals surface area contributed by atoms with Crippen LogP contribution in [0.3, 0.4) is 0 Å². The highest BCUT2D eigenvalue weighted by Crippen LogP contribution is 2.51. The minimum absolute atomic E-state index is 0.00458. The first kappa shape index (κ1) is 13.4. The van der Waals surface area contributed by atoms with E-state index >= 15 is 0 Å². The smallest absolute Gasteiger partial charge is 0.238 e. The fourth-order valence-electron chi connectivity index (χ4n) is 2.98. The van der Waals surface area contributed by atoms with Gasteiger partial charge in [0.15, 0.2) is 0 Å². The molecule has 4 nitrogen and oxygen atoms in total. The molecule has 2 unspecified atom stereocenters. The number of ether oxygens (including phenoxy) is 1. The van der Waals surface area contributed by atoms with Gasteiger partial charge in [0.05, 0.1) is 13.2 Å². The molecule has 1 aromatic carbocycles. The van der Waals surface area contributed by atoms with Crippen LogP contribution in [-0.4, -0.2) is 30.0 Å². The van der Waals surface area contributed by atoms with Crippen molar-refractivity contribution in [1.82, 2.24) is 10.2 Å². The molecule has 2 aliphatic rings. The Morgan fingerprint density at radius 3 is 2.55 bits per heavy atom. The van der Waals surface area contributed by atoms with Gasteiger partial charge in [0.1, 0.15) is 11.9 Å². The third-order valence-electron chi connectivity index (χ3n) is 4.32. The number of hydrogen-bond donors (Lipinski definition) is 1. The fraction of sp³-hybridized carbons (Fsp3) is 0.562. The van der Waals surface area contributed by atoms with Gasteiger partial charge < -0.3 is 9.64 Å². The van der Waals surface area contributed by atoms with Crippen LogP contribution in [0.1, 0.15) is 38.9 Å². The van der Waals surface area contributed by atoms with Crippen molar-refractivity contribution in [2.24, 2.45) is 5.41 Å². The number of hydrogen-bond acceptors (Lipinski definition) is 3. The standard InChI is InChI=1S/C16H22N2O2/c1-4-20-12-7-5-11(6-8-12)15-17-10-14(19)18(15)13-9-16(13,2)3/h5-8,13,15,17H,4,9-10H2,1-3H3. The zero-order valence-electron chi connectivity index (χ0n) is 12.3. The number of rotatable bonds is 4. The van der Waals surface area contributed by atoms with Gasteiger partial charge in [0.25, 0.3) is 0 Å². The Kier molecular flexibility index (Phi) is 3.21. The van der Waals surface area contributed by atoms with Gasteiger partial charge in [-0.15, -0.1) is 0 Å². The van der Waals surface area contributed by atoms with E-state index in [2.05, 4.69) is 19.2 Å². The minimum atomic E-state index is 0.00458. The average molecular weight is 274 g/mol. The molecule has 0 spiro atoms. The van der Waals surface area contributed by atoms with Crippen LogP contribution in [0.2, 0.25) is 0 Å². The van der Waals surface area contributed by atoms with Crippen LogP contribution in [0.15, 0.2) is 24.3 Å². The van der Waals surface area contributed by atoms with Crippen LogP contribution >= 0.6 is 0 Å². The lowest BCUT2D eigenvalue weighted by atomic mass is 10.1. The van der Waals surface area contributed by atoms with E-state index in [0.29, 0.717) is 19.2 Å². The van der Waals surface area contributed by atoms with Gasteiger partial charge in [0, 0.05) is 6.04 Å². The summed E-state index contributed by atoms with van der Waals surface area (Å²) in [5.74, 6) is 1.08. The predicted octanol–water partition coefficient (Wildman–Crippen LogP) is 2.31. The Balaban J connectivity index is 1.80. The maximum atomic E-state index is 12.1. The van der Waals surface area contributed by atoms with Crippen molar-refractivity contribution < 1.29 is 9.53 Å². The van der Waals surface area contributed by atoms with E-state index in [1.165, 1.54) is 0 Å². The molecule has 1 aliphatic heterocycles. The quantitative estimate of drug-likeness (QED) is 0.916. The lowest BCUT2D eigenvalue weighted by Gasteiger charge is -2.26. The van der Waals surface area contributed by atoms with Crippen LogP contribution in [0.4, 0.5) is 0 Å². The van der Waals surface area contributed by atoms with E-state index in [4.69, 9.17) is 4.74 Å². The molecule has 0 aromatic heterocycles. The van der Waals surface area contributed by atoms with Gasteiger partial charge in [-0.2, -0.15) is 0 Å². The van der Waals surface area contributed by atoms with E-state index in [1.807, 2.05) is 36.1 Å². The molecule has 1 aliphatic carbocycles. The minimum Gasteiger partial charge on any atom is -0.494 e. The summed E-state index contributed by atoms with van der Waals surface area (Å²) in [6, 6.07) is 8.40. The summed E-state index contributed by atoms with van der Waals surface area (Å²) in [7, 11) is 0. The maximum Gasteiger partial charge on any atom is 0.238 e. The highest BCUT2D eigenvalue weighted by Gasteiger charge is 2.54. The molecule has 2 fully saturated rings. The first-order valence-corrected chi connectivity index (χ1v) is 7.30. The second-order valence-corrected chi connectivity index (χ2v) is 6.29. The monoisotopic (exact) mass is 274 g/mol. The van der Waals surface area contributed by atoms with Crippen molar-refractivity contribution >= 4 is 5.91 Å². The topological polar surface area (TPSA) is 41.6 Å². The molecule has 1 heterocycles. The number of amides is 1. The normalized spacial score (nSPS) is 27.8. The molecule has 3 rings (SSSR count). The Labute approximate surface area is 120 Å². The highest BCUT2D eigenvalue weighted by atomic mass is 16.5. The van der Waals surface area contributed by atoms with E-state index in [9.17, 15) is 4.79 Å². The second-order valence-electron chi connectivity index (χ2n) is 6.29. The molecule has 20 heavy (non-hydrogen) atoms. The molecular formula is C16H22N2O2. The predicted molar refractivity (Wildman–Crippen MR) is 77.4 cm³/mol. The molecule has 1 saturated carbocycles. The Bertz CT molecular complexity index is 510. The average Bonchev–Trinajstić information content (AvgIpc) is 2.87. The van der Waals surface area contributed by atoms with Crippen molar-refractivity contribution in [3.63, 3.8) is 0 Å². The van der Waals surface area contributed by atoms with Crippen LogP contribution in [0.25, 0.3) is 0 Å². The summed E-state index contributed by atoms with van der Waals surface area (Å²) in [5.41, 5.74) is 1.38. The van der Waals surface area contributed by atoms with Crippen molar-refractivity contribution in [3.8, 4) is 5.75 Å². The molecule has 2 atom stereocenters. The maximum absolute atomic E-state index is 12.1. The van der Waals surface area contributed by atoms with Crippen LogP contribution < -0.4 is 10.1 Å². The number of benzene rings is 1. The third kappa shape index (κ3) is 2.29. The van der Waals surface area contributed by atoms with Crippen molar-refractivity contribution in [2.45, 2.75) is 39.4 Å². The fourth-order valence-corrected chi connectivity index (χ4v) is 2.98. The van der Waals surface area contributed by atoms with Crippen molar-refractivity contribution in [3.05, 3.63) is 29.8 Å². The van der Waals surface area contributed by atoms with Crippen LogP contribution in [0.5, 0.6) is 5.75 Å². The molecule has 4 heteroatoms. The zero-order valence-corrected chi connectivity index (χ0v) is 12.3. The Morgan fingerprint density at radius 1 is 1.35 bits per heavy atom. The number of nitrogens with zero attached hydrogens (tertiary/aromatic N) is 1. The first-order valence-electron chi connectivity index (χ1n) is 7.30. The SMILES string of the molecule is CCOc1ccc(C2NCC(=O)N2C2CC2(C)C)cc1. The van der Waals surface area contributed by atoms with Gasteiger partial charge in [-0.1, -0.05) is 26.0 Å². The first-order chi connectivity index (χ1) is 9.53. The summed E-state index contributed by atoms with van der Waals surface area (Å²) >= 11 is 0. The summed E-state index contributed by atoms with van der Waals surface area (Å²) in [5, 5.41) is 3.32. The number of carbonyl (C=O) groups excluding carboxylic acids is 1. The largest absolute Gasteiger partial charge is 0.494 e. The zero-order chi connectivity index (χ0) is 14.3. The van der Waals surface area contributed by atoms with E-state index in [1.54, 1.807) is 0 Å². The molecule has 1 aromatic rings. The van der Waals surface area contributed by atoms with Gasteiger partial charge >= 0.3 is 0 Å². The molecule has 0 bridgehead atoms. The molecule has 0 radical (unpaired) electrons. The van der Waals surface area contributed by atoms with E-state index in [0.717, 1.165) is 17.7 Å². The molecular weight excluding hydrogens is 252 g/mol. The van der Waals surface area contributed by atoms with Gasteiger partial charge in [-0.3, -0.25) is 10.1 Å². The summed E-state index contributed by atoms with van der Waals surface area (Å²) in [6.45, 7) is 7.52. The van der Waals surface area contributed by atoms with E-state index < -0.39 is 0 Å². The Morgan fingerprint density at radius 2 is 2.00 bits per heavy atom. The lowest BCUT2D eigenvalue weighted by molar-refractivity contribution is -0.129. The van der Waals surface area contributed by atoms with Crippen molar-refractivity contribution in [2.75, 3.05) is 13.2 Å². The third-order valence-corrected chi connectivity index (χ3v) is 4.32. The summed E-state index contributed by atoms with van der Waals surface area (Å²) < 4.78 is 5.46. The van der Waals surface area contributed by atoms with E-state index in [-0.39, 0.29) is 17.5 Å². The second kappa shape index (κ2) is 4.77. The van der Waals surface area contributed by atoms with Gasteiger partial charge in [-0.05, 0) is 36.5 Å². The lowest BCUT2D eigenvalue weighted by Crippen LogP contribution is -2.34. The van der Waals surface area contributed by atoms with Crippen LogP contribution in [0, 0.1) is 5.41 Å². The highest BCUT2D eigenvalue weighted by molar-refractivity contribution is 5.81. The number of carbonyl (C=O) groups is 1. The van der Waals surface area contributed by atoms with Crippen molar-refractivity contribution in [1.29, 1.82) is 0 Å². The summed E-state index contributed by atoms with van der Waals surface area (Å²) in [6.07, 6.45) is 1.10. The van der Waals surface area contributed by atoms with Gasteiger partial charge in [0.2, 0.25) is 5.91 Å². The van der Waals surface area contributed by atoms with Crippen LogP contribution in [-0.2, 0) is 4.79 Å². The van der Waals surface area contributed by atoms with Gasteiger partial charge in [-0.25, -0.2) is 0 Å².